The minimum atomic E-state index is 0. The summed E-state index contributed by atoms with van der Waals surface area (Å²) in [4.78, 5) is 0. The minimum absolute atomic E-state index is 0. The first-order valence-corrected chi connectivity index (χ1v) is 0. The Hall–Kier alpha value is 3.39. The van der Waals surface area contributed by atoms with Crippen LogP contribution in [0.5, 0.6) is 0 Å². The van der Waals surface area contributed by atoms with Gasteiger partial charge in [0, 0.05) is 0 Å². The molecule has 1 N–H and O–H groups in total. The molecule has 0 radical (unpaired) electrons. The number of hydrogen-bond donors (Lipinski definition) is 0. The fourth-order valence-corrected chi connectivity index (χ4v) is 0. The Morgan fingerprint density at radius 2 is 0.750 bits per heavy atom. The van der Waals surface area contributed by atoms with Crippen LogP contribution >= 0.6 is 0 Å². The Kier molecular flexibility index (Phi) is 1070. The van der Waals surface area contributed by atoms with Crippen molar-refractivity contribution in [3.8, 4) is 0 Å². The molecule has 0 aromatic rings. The molecule has 38 valence electrons. The van der Waals surface area contributed by atoms with Crippen molar-refractivity contribution in [2.24, 2.45) is 0 Å². The van der Waals surface area contributed by atoms with Crippen molar-refractivity contribution < 1.29 is 68.5 Å². The molecular weight excluding hydrogens is 207 g/mol. The van der Waals surface area contributed by atoms with Crippen LogP contribution in [0.25, 0.3) is 0 Å². The van der Waals surface area contributed by atoms with Crippen LogP contribution in [-0.2, 0) is 33.5 Å². The van der Waals surface area contributed by atoms with Gasteiger partial charge in [0.25, 0.3) is 0 Å². The van der Waals surface area contributed by atoms with Gasteiger partial charge in [-0.3, -0.25) is 0 Å². The molecule has 8 heteroatoms. The second kappa shape index (κ2) is 79.8. The Labute approximate surface area is 127 Å². The van der Waals surface area contributed by atoms with E-state index in [2.05, 4.69) is 0 Å². The second-order valence-electron chi connectivity index (χ2n) is 0. The van der Waals surface area contributed by atoms with E-state index in [1.54, 1.807) is 0 Å². The third-order valence-electron chi connectivity index (χ3n) is 0. The summed E-state index contributed by atoms with van der Waals surface area (Å²) in [5.41, 5.74) is 0. The van der Waals surface area contributed by atoms with Gasteiger partial charge in [-0.1, -0.05) is 0 Å². The first kappa shape index (κ1) is 107. The van der Waals surface area contributed by atoms with E-state index in [4.69, 9.17) is 0 Å². The molecule has 0 spiro atoms. The zero-order chi connectivity index (χ0) is 0. The summed E-state index contributed by atoms with van der Waals surface area (Å²) in [5.74, 6) is 0. The van der Waals surface area contributed by atoms with Gasteiger partial charge >= 0.3 is 107 Å². The summed E-state index contributed by atoms with van der Waals surface area (Å²) >= 11 is 0. The topological polar surface area (TPSA) is 116 Å². The smallest absolute Gasteiger partial charge is 2.00 e. The first-order valence-electron chi connectivity index (χ1n) is 0. The van der Waals surface area contributed by atoms with Crippen LogP contribution in [0, 0.1) is 0 Å². The summed E-state index contributed by atoms with van der Waals surface area (Å²) in [6.07, 6.45) is 0. The second-order valence-corrected chi connectivity index (χ2v) is 0. The van der Waals surface area contributed by atoms with Crippen molar-refractivity contribution in [1.29, 1.82) is 0 Å². The zero-order valence-corrected chi connectivity index (χ0v) is 11.2. The Bertz CT molecular complexity index is 16.0. The predicted octanol–water partition coefficient (Wildman–Crippen LogP) is -4.29. The molecule has 0 bridgehead atoms. The van der Waals surface area contributed by atoms with Crippen LogP contribution in [0.2, 0.25) is 0 Å². The van der Waals surface area contributed by atoms with Crippen molar-refractivity contribution >= 4 is 60.8 Å². The molecule has 0 atom stereocenters. The third-order valence-corrected chi connectivity index (χ3v) is 0. The molecule has 0 saturated carbocycles. The molecule has 0 aliphatic heterocycles. The van der Waals surface area contributed by atoms with E-state index in [1.165, 1.54) is 0 Å². The fraction of sp³-hybridized carbons (Fsp3) is 0. The summed E-state index contributed by atoms with van der Waals surface area (Å²) < 4.78 is 0. The van der Waals surface area contributed by atoms with Gasteiger partial charge in [0.2, 0.25) is 0 Å². The van der Waals surface area contributed by atoms with Gasteiger partial charge in [0.1, 0.15) is 0 Å². The van der Waals surface area contributed by atoms with Gasteiger partial charge in [0.05, 0.1) is 0 Å². The fourth-order valence-electron chi connectivity index (χ4n) is 0. The Morgan fingerprint density at radius 3 is 0.750 bits per heavy atom. The summed E-state index contributed by atoms with van der Waals surface area (Å²) in [6, 6.07) is 0. The average Bonchev–Trinajstić information content (AvgIpc) is 0. The zero-order valence-electron chi connectivity index (χ0n) is 4.44. The van der Waals surface area contributed by atoms with Gasteiger partial charge in [-0.15, -0.1) is 0 Å². The van der Waals surface area contributed by atoms with Gasteiger partial charge in [0.15, 0.2) is 0 Å². The number of rotatable bonds is 0. The van der Waals surface area contributed by atoms with E-state index in [-0.39, 0.29) is 129 Å². The standard InChI is InChI=1S/Ca.Fe.Mg.Na.H2O.3O/h;;;;1H2;;;/q3*+2;+1;;3*-2/p-1. The van der Waals surface area contributed by atoms with Gasteiger partial charge < -0.3 is 21.9 Å². The van der Waals surface area contributed by atoms with Crippen molar-refractivity contribution in [3.05, 3.63) is 0 Å². The summed E-state index contributed by atoms with van der Waals surface area (Å²) in [5, 5.41) is 0. The average molecular weight is 208 g/mol. The van der Waals surface area contributed by atoms with Crippen LogP contribution in [0.1, 0.15) is 0 Å². The summed E-state index contributed by atoms with van der Waals surface area (Å²) in [7, 11) is 0. The predicted molar refractivity (Wildman–Crippen MR) is 15.5 cm³/mol. The van der Waals surface area contributed by atoms with Crippen molar-refractivity contribution in [1.82, 2.24) is 0 Å². The molecule has 0 heterocycles. The Balaban J connectivity index is 0. The quantitative estimate of drug-likeness (QED) is 0.368. The maximum Gasteiger partial charge on any atom is 2.00 e. The van der Waals surface area contributed by atoms with E-state index in [0.29, 0.717) is 0 Å². The van der Waals surface area contributed by atoms with E-state index in [0.717, 1.165) is 0 Å². The molecule has 0 rings (SSSR count). The normalized spacial score (nSPS) is 0. The molecule has 0 aliphatic rings. The molecule has 0 saturated heterocycles. The molecule has 4 nitrogen and oxygen atoms in total. The maximum absolute atomic E-state index is 0. The van der Waals surface area contributed by atoms with Crippen LogP contribution in [0.15, 0.2) is 0 Å². The molecular formula is HCaFeMgNaO4. The van der Waals surface area contributed by atoms with Gasteiger partial charge in [-0.2, -0.15) is 0 Å². The Morgan fingerprint density at radius 1 is 0.750 bits per heavy atom. The van der Waals surface area contributed by atoms with Crippen LogP contribution in [-0.4, -0.2) is 66.3 Å². The van der Waals surface area contributed by atoms with Gasteiger partial charge in [-0.05, 0) is 0 Å². The first-order chi connectivity index (χ1) is 0. The molecule has 0 aromatic heterocycles. The molecule has 8 heavy (non-hydrogen) atoms. The van der Waals surface area contributed by atoms with E-state index in [1.807, 2.05) is 0 Å². The van der Waals surface area contributed by atoms with Gasteiger partial charge in [-0.25, -0.2) is 0 Å². The van der Waals surface area contributed by atoms with Crippen molar-refractivity contribution in [3.63, 3.8) is 0 Å². The monoisotopic (exact) mass is 208 g/mol. The molecule has 0 amide bonds. The minimum Gasteiger partial charge on any atom is -2.00 e. The number of hydrogen-bond acceptors (Lipinski definition) is 1. The van der Waals surface area contributed by atoms with Crippen molar-refractivity contribution in [2.45, 2.75) is 0 Å². The van der Waals surface area contributed by atoms with E-state index in [9.17, 15) is 0 Å². The largest absolute Gasteiger partial charge is 2.00 e. The van der Waals surface area contributed by atoms with E-state index >= 15 is 0 Å². The SMILES string of the molecule is [Ca+2].[Fe+2].[Mg+2].[Na+].[O-2].[O-2].[O-2].[OH-]. The van der Waals surface area contributed by atoms with Crippen LogP contribution < -0.4 is 29.6 Å². The maximum atomic E-state index is 0. The van der Waals surface area contributed by atoms with Crippen molar-refractivity contribution in [2.75, 3.05) is 0 Å². The molecule has 0 fully saturated rings. The molecule has 0 aromatic carbocycles. The molecule has 0 aliphatic carbocycles. The van der Waals surface area contributed by atoms with Crippen LogP contribution in [0.3, 0.4) is 0 Å². The third kappa shape index (κ3) is 57.6. The van der Waals surface area contributed by atoms with E-state index < -0.39 is 0 Å². The molecule has 0 unspecified atom stereocenters. The summed E-state index contributed by atoms with van der Waals surface area (Å²) in [6.45, 7) is 0. The van der Waals surface area contributed by atoms with Crippen LogP contribution in [0.4, 0.5) is 0 Å².